The zero-order valence-corrected chi connectivity index (χ0v) is 16.2. The molecule has 25 heavy (non-hydrogen) atoms. The van der Waals surface area contributed by atoms with E-state index in [0.29, 0.717) is 16.9 Å². The third kappa shape index (κ3) is 4.12. The molecule has 0 bridgehead atoms. The van der Waals surface area contributed by atoms with Crippen LogP contribution in [0, 0.1) is 10.5 Å². The standard InChI is InChI=1S/C19H20IN3O2/c1-13-7-6-8-14(17(13)20)18(24)21-15-9-2-3-10-16(15)22-19(25)23-11-4-5-12-23/h2-3,6-10H,4-5,11-12H2,1H3,(H,21,24)(H,22,25). The van der Waals surface area contributed by atoms with Crippen molar-refractivity contribution in [2.24, 2.45) is 0 Å². The van der Waals surface area contributed by atoms with Crippen LogP contribution >= 0.6 is 22.6 Å². The van der Waals surface area contributed by atoms with E-state index in [2.05, 4.69) is 33.2 Å². The number of nitrogens with one attached hydrogen (secondary N) is 2. The van der Waals surface area contributed by atoms with Gasteiger partial charge in [-0.3, -0.25) is 4.79 Å². The molecule has 1 saturated heterocycles. The van der Waals surface area contributed by atoms with Gasteiger partial charge in [0.1, 0.15) is 0 Å². The van der Waals surface area contributed by atoms with Crippen LogP contribution in [0.1, 0.15) is 28.8 Å². The van der Waals surface area contributed by atoms with Crippen LogP contribution in [0.4, 0.5) is 16.2 Å². The monoisotopic (exact) mass is 449 g/mol. The summed E-state index contributed by atoms with van der Waals surface area (Å²) in [6.45, 7) is 3.53. The normalized spacial score (nSPS) is 13.6. The van der Waals surface area contributed by atoms with E-state index in [1.165, 1.54) is 0 Å². The molecule has 0 saturated carbocycles. The van der Waals surface area contributed by atoms with Crippen molar-refractivity contribution < 1.29 is 9.59 Å². The summed E-state index contributed by atoms with van der Waals surface area (Å²) in [4.78, 5) is 26.8. The molecule has 2 aromatic rings. The molecule has 3 rings (SSSR count). The van der Waals surface area contributed by atoms with Crippen LogP contribution in [-0.2, 0) is 0 Å². The van der Waals surface area contributed by atoms with Crippen LogP contribution < -0.4 is 10.6 Å². The Morgan fingerprint density at radius 2 is 1.60 bits per heavy atom. The van der Waals surface area contributed by atoms with Crippen molar-refractivity contribution in [3.63, 3.8) is 0 Å². The lowest BCUT2D eigenvalue weighted by atomic mass is 10.1. The molecule has 1 aliphatic rings. The Morgan fingerprint density at radius 3 is 2.28 bits per heavy atom. The molecular formula is C19H20IN3O2. The number of carbonyl (C=O) groups is 2. The third-order valence-corrected chi connectivity index (χ3v) is 5.68. The molecule has 0 radical (unpaired) electrons. The summed E-state index contributed by atoms with van der Waals surface area (Å²) >= 11 is 2.18. The first-order chi connectivity index (χ1) is 12.1. The number of likely N-dealkylation sites (tertiary alicyclic amines) is 1. The highest BCUT2D eigenvalue weighted by molar-refractivity contribution is 14.1. The number of hydrogen-bond donors (Lipinski definition) is 2. The van der Waals surface area contributed by atoms with Crippen LogP contribution in [0.15, 0.2) is 42.5 Å². The van der Waals surface area contributed by atoms with Crippen LogP contribution in [-0.4, -0.2) is 29.9 Å². The maximum Gasteiger partial charge on any atom is 0.321 e. The van der Waals surface area contributed by atoms with Crippen LogP contribution in [0.2, 0.25) is 0 Å². The summed E-state index contributed by atoms with van der Waals surface area (Å²) < 4.78 is 0.927. The summed E-state index contributed by atoms with van der Waals surface area (Å²) in [6.07, 6.45) is 2.08. The second-order valence-electron chi connectivity index (χ2n) is 6.06. The number of rotatable bonds is 3. The van der Waals surface area contributed by atoms with Crippen molar-refractivity contribution in [1.82, 2.24) is 4.90 Å². The van der Waals surface area contributed by atoms with Gasteiger partial charge in [-0.2, -0.15) is 0 Å². The van der Waals surface area contributed by atoms with Gasteiger partial charge in [0.25, 0.3) is 5.91 Å². The molecule has 0 atom stereocenters. The molecule has 0 aromatic heterocycles. The Morgan fingerprint density at radius 1 is 0.960 bits per heavy atom. The van der Waals surface area contributed by atoms with E-state index in [-0.39, 0.29) is 11.9 Å². The number of amides is 3. The van der Waals surface area contributed by atoms with Gasteiger partial charge in [0.05, 0.1) is 16.9 Å². The first-order valence-corrected chi connectivity index (χ1v) is 9.35. The quantitative estimate of drug-likeness (QED) is 0.679. The molecule has 6 heteroatoms. The fraction of sp³-hybridized carbons (Fsp3) is 0.263. The number of nitrogens with zero attached hydrogens (tertiary/aromatic N) is 1. The van der Waals surface area contributed by atoms with E-state index < -0.39 is 0 Å². The number of para-hydroxylation sites is 2. The Bertz CT molecular complexity index is 801. The van der Waals surface area contributed by atoms with Crippen molar-refractivity contribution >= 4 is 45.9 Å². The fourth-order valence-corrected chi connectivity index (χ4v) is 3.43. The SMILES string of the molecule is Cc1cccc(C(=O)Nc2ccccc2NC(=O)N2CCCC2)c1I. The largest absolute Gasteiger partial charge is 0.325 e. The molecule has 2 N–H and O–H groups in total. The minimum atomic E-state index is -0.184. The zero-order valence-electron chi connectivity index (χ0n) is 14.0. The first-order valence-electron chi connectivity index (χ1n) is 8.27. The van der Waals surface area contributed by atoms with Crippen LogP contribution in [0.5, 0.6) is 0 Å². The molecule has 2 aromatic carbocycles. The van der Waals surface area contributed by atoms with Gasteiger partial charge >= 0.3 is 6.03 Å². The predicted octanol–water partition coefficient (Wildman–Crippen LogP) is 4.48. The number of hydrogen-bond acceptors (Lipinski definition) is 2. The second kappa shape index (κ2) is 7.86. The first kappa shape index (κ1) is 17.7. The molecule has 0 unspecified atom stereocenters. The molecule has 1 heterocycles. The highest BCUT2D eigenvalue weighted by Crippen LogP contribution is 2.24. The molecule has 0 aliphatic carbocycles. The van der Waals surface area contributed by atoms with Crippen LogP contribution in [0.25, 0.3) is 0 Å². The van der Waals surface area contributed by atoms with E-state index in [0.717, 1.165) is 35.1 Å². The summed E-state index contributed by atoms with van der Waals surface area (Å²) in [6, 6.07) is 12.8. The van der Waals surface area contributed by atoms with Crippen molar-refractivity contribution in [3.8, 4) is 0 Å². The lowest BCUT2D eigenvalue weighted by Gasteiger charge is -2.18. The predicted molar refractivity (Wildman–Crippen MR) is 108 cm³/mol. The lowest BCUT2D eigenvalue weighted by molar-refractivity contribution is 0.102. The van der Waals surface area contributed by atoms with Crippen LogP contribution in [0.3, 0.4) is 0 Å². The van der Waals surface area contributed by atoms with Gasteiger partial charge in [-0.05, 0) is 66.1 Å². The minimum absolute atomic E-state index is 0.121. The van der Waals surface area contributed by atoms with E-state index in [1.54, 1.807) is 23.1 Å². The number of anilines is 2. The van der Waals surface area contributed by atoms with Gasteiger partial charge in [-0.25, -0.2) is 4.79 Å². The number of carbonyl (C=O) groups excluding carboxylic acids is 2. The molecule has 1 aliphatic heterocycles. The Hall–Kier alpha value is -2.09. The highest BCUT2D eigenvalue weighted by Gasteiger charge is 2.19. The maximum absolute atomic E-state index is 12.6. The summed E-state index contributed by atoms with van der Waals surface area (Å²) in [7, 11) is 0. The van der Waals surface area contributed by atoms with E-state index in [1.807, 2.05) is 31.2 Å². The summed E-state index contributed by atoms with van der Waals surface area (Å²) in [5.74, 6) is -0.184. The van der Waals surface area contributed by atoms with Gasteiger partial charge in [0.15, 0.2) is 0 Å². The number of aryl methyl sites for hydroxylation is 1. The molecular weight excluding hydrogens is 429 g/mol. The van der Waals surface area contributed by atoms with Gasteiger partial charge in [0.2, 0.25) is 0 Å². The maximum atomic E-state index is 12.6. The van der Waals surface area contributed by atoms with E-state index >= 15 is 0 Å². The lowest BCUT2D eigenvalue weighted by Crippen LogP contribution is -2.32. The topological polar surface area (TPSA) is 61.4 Å². The molecule has 1 fully saturated rings. The second-order valence-corrected chi connectivity index (χ2v) is 7.14. The molecule has 5 nitrogen and oxygen atoms in total. The van der Waals surface area contributed by atoms with Gasteiger partial charge in [0, 0.05) is 16.7 Å². The van der Waals surface area contributed by atoms with Gasteiger partial charge in [-0.15, -0.1) is 0 Å². The Balaban J connectivity index is 1.77. The zero-order chi connectivity index (χ0) is 17.8. The number of halogens is 1. The van der Waals surface area contributed by atoms with Crippen molar-refractivity contribution in [1.29, 1.82) is 0 Å². The Labute approximate surface area is 160 Å². The summed E-state index contributed by atoms with van der Waals surface area (Å²) in [5.41, 5.74) is 2.89. The third-order valence-electron chi connectivity index (χ3n) is 4.25. The van der Waals surface area contributed by atoms with E-state index in [9.17, 15) is 9.59 Å². The number of benzene rings is 2. The van der Waals surface area contributed by atoms with Crippen molar-refractivity contribution in [3.05, 3.63) is 57.2 Å². The van der Waals surface area contributed by atoms with Crippen molar-refractivity contribution in [2.45, 2.75) is 19.8 Å². The van der Waals surface area contributed by atoms with E-state index in [4.69, 9.17) is 0 Å². The molecule has 0 spiro atoms. The van der Waals surface area contributed by atoms with Gasteiger partial charge < -0.3 is 15.5 Å². The summed E-state index contributed by atoms with van der Waals surface area (Å²) in [5, 5.41) is 5.82. The van der Waals surface area contributed by atoms with Crippen molar-refractivity contribution in [2.75, 3.05) is 23.7 Å². The number of urea groups is 1. The Kier molecular flexibility index (Phi) is 5.57. The molecule has 130 valence electrons. The highest BCUT2D eigenvalue weighted by atomic mass is 127. The average molecular weight is 449 g/mol. The smallest absolute Gasteiger partial charge is 0.321 e. The fourth-order valence-electron chi connectivity index (χ4n) is 2.83. The molecule has 3 amide bonds. The van der Waals surface area contributed by atoms with Gasteiger partial charge in [-0.1, -0.05) is 24.3 Å². The average Bonchev–Trinajstić information content (AvgIpc) is 3.13. The minimum Gasteiger partial charge on any atom is -0.325 e.